The van der Waals surface area contributed by atoms with E-state index in [0.29, 0.717) is 19.4 Å². The Balaban J connectivity index is 1.84. The van der Waals surface area contributed by atoms with Crippen LogP contribution < -0.4 is 5.32 Å². The maximum atomic E-state index is 12.3. The molecule has 2 rings (SSSR count). The number of carbonyl (C=O) groups is 2. The average Bonchev–Trinajstić information content (AvgIpc) is 2.74. The van der Waals surface area contributed by atoms with Gasteiger partial charge in [0.05, 0.1) is 18.7 Å². The van der Waals surface area contributed by atoms with Gasteiger partial charge in [-0.25, -0.2) is 9.59 Å². The second kappa shape index (κ2) is 8.89. The van der Waals surface area contributed by atoms with Crippen molar-refractivity contribution in [2.24, 2.45) is 0 Å². The Morgan fingerprint density at radius 1 is 1.27 bits per heavy atom. The Labute approximate surface area is 154 Å². The topological polar surface area (TPSA) is 88.1 Å². The summed E-state index contributed by atoms with van der Waals surface area (Å²) in [6, 6.07) is 8.96. The maximum absolute atomic E-state index is 12.3. The second-order valence-corrected chi connectivity index (χ2v) is 7.45. The number of benzene rings is 1. The third-order valence-corrected chi connectivity index (χ3v) is 3.98. The van der Waals surface area contributed by atoms with Crippen LogP contribution in [0.4, 0.5) is 9.59 Å². The highest BCUT2D eigenvalue weighted by Crippen LogP contribution is 2.15. The molecule has 1 aliphatic heterocycles. The first-order valence-corrected chi connectivity index (χ1v) is 8.88. The largest absolute Gasteiger partial charge is 0.445 e. The highest BCUT2D eigenvalue weighted by atomic mass is 16.6. The SMILES string of the molecule is CC(C)(C)OC(=O)NC1CCCN(C(=O)OCc2ccccc2)CC1O. The molecule has 1 fully saturated rings. The molecule has 2 N–H and O–H groups in total. The van der Waals surface area contributed by atoms with Crippen LogP contribution in [0.5, 0.6) is 0 Å². The monoisotopic (exact) mass is 364 g/mol. The van der Waals surface area contributed by atoms with E-state index < -0.39 is 29.9 Å². The number of rotatable bonds is 3. The number of hydrogen-bond acceptors (Lipinski definition) is 5. The summed E-state index contributed by atoms with van der Waals surface area (Å²) < 4.78 is 10.5. The summed E-state index contributed by atoms with van der Waals surface area (Å²) >= 11 is 0. The summed E-state index contributed by atoms with van der Waals surface area (Å²) in [6.07, 6.45) is -0.706. The zero-order valence-electron chi connectivity index (χ0n) is 15.6. The molecule has 1 aliphatic rings. The van der Waals surface area contributed by atoms with Gasteiger partial charge in [-0.05, 0) is 39.2 Å². The third kappa shape index (κ3) is 6.55. The maximum Gasteiger partial charge on any atom is 0.410 e. The van der Waals surface area contributed by atoms with Gasteiger partial charge in [0.15, 0.2) is 0 Å². The minimum absolute atomic E-state index is 0.105. The molecule has 1 aromatic carbocycles. The Hall–Kier alpha value is -2.28. The second-order valence-electron chi connectivity index (χ2n) is 7.45. The highest BCUT2D eigenvalue weighted by Gasteiger charge is 2.30. The summed E-state index contributed by atoms with van der Waals surface area (Å²) in [5.41, 5.74) is 0.299. The van der Waals surface area contributed by atoms with Gasteiger partial charge in [-0.2, -0.15) is 0 Å². The Morgan fingerprint density at radius 3 is 2.62 bits per heavy atom. The van der Waals surface area contributed by atoms with Crippen molar-refractivity contribution in [2.75, 3.05) is 13.1 Å². The van der Waals surface area contributed by atoms with Gasteiger partial charge in [-0.15, -0.1) is 0 Å². The zero-order chi connectivity index (χ0) is 19.2. The van der Waals surface area contributed by atoms with Crippen molar-refractivity contribution in [1.29, 1.82) is 0 Å². The summed E-state index contributed by atoms with van der Waals surface area (Å²) in [6.45, 7) is 6.10. The first-order valence-electron chi connectivity index (χ1n) is 8.88. The molecule has 0 aromatic heterocycles. The van der Waals surface area contributed by atoms with E-state index in [2.05, 4.69) is 5.32 Å². The molecule has 1 aromatic rings. The van der Waals surface area contributed by atoms with E-state index in [1.54, 1.807) is 20.8 Å². The predicted octanol–water partition coefficient (Wildman–Crippen LogP) is 2.67. The van der Waals surface area contributed by atoms with E-state index in [4.69, 9.17) is 9.47 Å². The van der Waals surface area contributed by atoms with E-state index >= 15 is 0 Å². The van der Waals surface area contributed by atoms with Crippen molar-refractivity contribution in [3.8, 4) is 0 Å². The summed E-state index contributed by atoms with van der Waals surface area (Å²) in [7, 11) is 0. The number of amides is 2. The van der Waals surface area contributed by atoms with Gasteiger partial charge >= 0.3 is 12.2 Å². The van der Waals surface area contributed by atoms with Crippen LogP contribution in [0.2, 0.25) is 0 Å². The fraction of sp³-hybridized carbons (Fsp3) is 0.579. The lowest BCUT2D eigenvalue weighted by Gasteiger charge is -2.26. The Bertz CT molecular complexity index is 600. The molecule has 0 bridgehead atoms. The number of β-amino-alcohol motifs (C(OH)–C–C–N with tert-alkyl or cyclic N) is 1. The first-order chi connectivity index (χ1) is 12.2. The molecule has 0 spiro atoms. The number of alkyl carbamates (subject to hydrolysis) is 1. The summed E-state index contributed by atoms with van der Waals surface area (Å²) in [4.78, 5) is 25.7. The molecule has 1 saturated heterocycles. The molecular weight excluding hydrogens is 336 g/mol. The van der Waals surface area contributed by atoms with Crippen molar-refractivity contribution in [3.63, 3.8) is 0 Å². The van der Waals surface area contributed by atoms with Gasteiger partial charge in [0, 0.05) is 6.54 Å². The number of carbonyl (C=O) groups excluding carboxylic acids is 2. The number of ether oxygens (including phenoxy) is 2. The average molecular weight is 364 g/mol. The summed E-state index contributed by atoms with van der Waals surface area (Å²) in [5.74, 6) is 0. The first kappa shape index (κ1) is 20.0. The van der Waals surface area contributed by atoms with Crippen molar-refractivity contribution in [1.82, 2.24) is 10.2 Å². The van der Waals surface area contributed by atoms with E-state index in [0.717, 1.165) is 5.56 Å². The van der Waals surface area contributed by atoms with Gasteiger partial charge in [-0.3, -0.25) is 0 Å². The third-order valence-electron chi connectivity index (χ3n) is 3.98. The fourth-order valence-corrected chi connectivity index (χ4v) is 2.74. The minimum atomic E-state index is -0.880. The number of aliphatic hydroxyl groups is 1. The lowest BCUT2D eigenvalue weighted by atomic mass is 10.1. The molecule has 7 nitrogen and oxygen atoms in total. The number of aliphatic hydroxyl groups excluding tert-OH is 1. The molecule has 0 aliphatic carbocycles. The molecular formula is C19H28N2O5. The van der Waals surface area contributed by atoms with Gasteiger partial charge in [0.1, 0.15) is 12.2 Å². The predicted molar refractivity (Wildman–Crippen MR) is 96.6 cm³/mol. The van der Waals surface area contributed by atoms with Crippen LogP contribution in [-0.4, -0.2) is 53.0 Å². The lowest BCUT2D eigenvalue weighted by molar-refractivity contribution is 0.0382. The van der Waals surface area contributed by atoms with Crippen LogP contribution in [0, 0.1) is 0 Å². The van der Waals surface area contributed by atoms with Crippen molar-refractivity contribution in [2.45, 2.75) is 58.0 Å². The fourth-order valence-electron chi connectivity index (χ4n) is 2.74. The molecule has 2 atom stereocenters. The number of nitrogens with one attached hydrogen (secondary N) is 1. The van der Waals surface area contributed by atoms with Crippen molar-refractivity contribution >= 4 is 12.2 Å². The molecule has 2 unspecified atom stereocenters. The molecule has 26 heavy (non-hydrogen) atoms. The van der Waals surface area contributed by atoms with E-state index in [-0.39, 0.29) is 13.2 Å². The van der Waals surface area contributed by atoms with Crippen molar-refractivity contribution < 1.29 is 24.2 Å². The van der Waals surface area contributed by atoms with E-state index in [9.17, 15) is 14.7 Å². The molecule has 0 saturated carbocycles. The van der Waals surface area contributed by atoms with Crippen molar-refractivity contribution in [3.05, 3.63) is 35.9 Å². The number of nitrogens with zero attached hydrogens (tertiary/aromatic N) is 1. The van der Waals surface area contributed by atoms with Gasteiger partial charge in [-0.1, -0.05) is 30.3 Å². The molecule has 2 amide bonds. The van der Waals surface area contributed by atoms with Crippen LogP contribution in [0.25, 0.3) is 0 Å². The Kier molecular flexibility index (Phi) is 6.85. The normalized spacial score (nSPS) is 20.8. The molecule has 7 heteroatoms. The van der Waals surface area contributed by atoms with Crippen LogP contribution in [0.3, 0.4) is 0 Å². The van der Waals surface area contributed by atoms with E-state index in [1.807, 2.05) is 30.3 Å². The zero-order valence-corrected chi connectivity index (χ0v) is 15.6. The van der Waals surface area contributed by atoms with Crippen LogP contribution in [0.1, 0.15) is 39.2 Å². The van der Waals surface area contributed by atoms with E-state index in [1.165, 1.54) is 4.90 Å². The van der Waals surface area contributed by atoms with Crippen LogP contribution in [0.15, 0.2) is 30.3 Å². The standard InChI is InChI=1S/C19H28N2O5/c1-19(2,3)26-17(23)20-15-10-7-11-21(12-16(15)22)18(24)25-13-14-8-5-4-6-9-14/h4-6,8-9,15-16,22H,7,10-13H2,1-3H3,(H,20,23). The number of hydrogen-bond donors (Lipinski definition) is 2. The van der Waals surface area contributed by atoms with Gasteiger partial charge in [0.25, 0.3) is 0 Å². The molecule has 144 valence electrons. The van der Waals surface area contributed by atoms with Gasteiger partial charge < -0.3 is 24.8 Å². The molecule has 0 radical (unpaired) electrons. The minimum Gasteiger partial charge on any atom is -0.445 e. The summed E-state index contributed by atoms with van der Waals surface area (Å²) in [5, 5.41) is 13.1. The quantitative estimate of drug-likeness (QED) is 0.861. The lowest BCUT2D eigenvalue weighted by Crippen LogP contribution is -2.48. The smallest absolute Gasteiger partial charge is 0.410 e. The van der Waals surface area contributed by atoms with Gasteiger partial charge in [0.2, 0.25) is 0 Å². The van der Waals surface area contributed by atoms with Crippen LogP contribution in [-0.2, 0) is 16.1 Å². The van der Waals surface area contributed by atoms with Crippen LogP contribution >= 0.6 is 0 Å². The number of likely N-dealkylation sites (tertiary alicyclic amines) is 1. The highest BCUT2D eigenvalue weighted by molar-refractivity contribution is 5.69. The Morgan fingerprint density at radius 2 is 1.96 bits per heavy atom. The molecule has 1 heterocycles.